The van der Waals surface area contributed by atoms with Crippen molar-refractivity contribution >= 4 is 11.9 Å². The molecule has 3 heterocycles. The van der Waals surface area contributed by atoms with Gasteiger partial charge in [-0.15, -0.1) is 0 Å². The van der Waals surface area contributed by atoms with Crippen molar-refractivity contribution in [3.63, 3.8) is 0 Å². The second kappa shape index (κ2) is 35.7. The Morgan fingerprint density at radius 3 is 1.99 bits per heavy atom. The number of hydrogen-bond donors (Lipinski definition) is 12. The van der Waals surface area contributed by atoms with Crippen LogP contribution in [0.3, 0.4) is 0 Å². The molecule has 2 saturated heterocycles. The van der Waals surface area contributed by atoms with Gasteiger partial charge in [0.2, 0.25) is 5.91 Å². The second-order valence-electron chi connectivity index (χ2n) is 19.2. The lowest BCUT2D eigenvalue weighted by molar-refractivity contribution is -0.255. The zero-order chi connectivity index (χ0) is 52.8. The summed E-state index contributed by atoms with van der Waals surface area (Å²) in [5.74, 6) is -2.76. The van der Waals surface area contributed by atoms with Crippen LogP contribution in [0.2, 0.25) is 0 Å². The van der Waals surface area contributed by atoms with Crippen molar-refractivity contribution in [2.45, 2.75) is 176 Å². The monoisotopic (exact) mass is 1020 g/mol. The van der Waals surface area contributed by atoms with Gasteiger partial charge < -0.3 is 86.0 Å². The number of amides is 1. The minimum atomic E-state index is -1.44. The van der Waals surface area contributed by atoms with Gasteiger partial charge in [0.25, 0.3) is 0 Å². The van der Waals surface area contributed by atoms with Gasteiger partial charge in [-0.05, 0) is 65.0 Å². The Balaban J connectivity index is 1.90. The van der Waals surface area contributed by atoms with Crippen molar-refractivity contribution in [1.82, 2.24) is 10.2 Å². The summed E-state index contributed by atoms with van der Waals surface area (Å²) >= 11 is 0. The summed E-state index contributed by atoms with van der Waals surface area (Å²) < 4.78 is 23.6. The van der Waals surface area contributed by atoms with E-state index in [9.17, 15) is 60.7 Å². The highest BCUT2D eigenvalue weighted by Crippen LogP contribution is 2.26. The van der Waals surface area contributed by atoms with Crippen LogP contribution in [0.25, 0.3) is 0 Å². The number of piperidine rings is 1. The molecule has 0 saturated carbocycles. The molecule has 6 unspecified atom stereocenters. The molecule has 0 aromatic heterocycles. The highest BCUT2D eigenvalue weighted by atomic mass is 16.7. The first-order valence-electron chi connectivity index (χ1n) is 25.7. The fourth-order valence-corrected chi connectivity index (χ4v) is 8.62. The summed E-state index contributed by atoms with van der Waals surface area (Å²) in [4.78, 5) is 28.9. The zero-order valence-corrected chi connectivity index (χ0v) is 42.2. The molecule has 13 N–H and O–H groups in total. The number of hydrogen-bond acceptors (Lipinski definition) is 18. The van der Waals surface area contributed by atoms with E-state index in [1.165, 1.54) is 0 Å². The molecule has 19 heteroatoms. The Kier molecular flexibility index (Phi) is 31.1. The number of nitrogens with zero attached hydrogens (tertiary/aromatic N) is 1. The summed E-state index contributed by atoms with van der Waals surface area (Å²) in [6.07, 6.45) is 11.7. The number of esters is 1. The summed E-state index contributed by atoms with van der Waals surface area (Å²) in [5.41, 5.74) is 6.06. The molecular weight excluding hydrogens is 935 g/mol. The van der Waals surface area contributed by atoms with E-state index in [-0.39, 0.29) is 77.0 Å². The summed E-state index contributed by atoms with van der Waals surface area (Å²) in [7, 11) is 0. The Hall–Kier alpha value is -3.48. The van der Waals surface area contributed by atoms with Gasteiger partial charge in [0, 0.05) is 51.5 Å². The first-order valence-corrected chi connectivity index (χ1v) is 25.7. The third kappa shape index (κ3) is 25.2. The molecule has 0 spiro atoms. The fourth-order valence-electron chi connectivity index (χ4n) is 8.62. The van der Waals surface area contributed by atoms with Crippen LogP contribution in [-0.2, 0) is 28.5 Å². The molecule has 3 aliphatic rings. The molecule has 19 nitrogen and oxygen atoms in total. The molecule has 2 fully saturated rings. The van der Waals surface area contributed by atoms with Crippen molar-refractivity contribution in [2.24, 2.45) is 17.6 Å². The third-order valence-electron chi connectivity index (χ3n) is 13.0. The van der Waals surface area contributed by atoms with Crippen LogP contribution >= 0.6 is 0 Å². The van der Waals surface area contributed by atoms with Crippen molar-refractivity contribution < 1.29 is 79.6 Å². The molecule has 1 amide bonds. The number of cyclic esters (lactones) is 1. The van der Waals surface area contributed by atoms with Crippen molar-refractivity contribution in [1.29, 1.82) is 0 Å². The molecule has 16 atom stereocenters. The maximum Gasteiger partial charge on any atom is 0.308 e. The molecule has 410 valence electrons. The van der Waals surface area contributed by atoms with E-state index in [4.69, 9.17) is 24.7 Å². The molecule has 0 radical (unpaired) electrons. The number of aliphatic hydroxyl groups is 10. The number of nitrogens with one attached hydrogen (secondary N) is 1. The van der Waals surface area contributed by atoms with Gasteiger partial charge in [-0.1, -0.05) is 98.4 Å². The minimum Gasteiger partial charge on any atom is -0.462 e. The van der Waals surface area contributed by atoms with Gasteiger partial charge in [-0.2, -0.15) is 0 Å². The van der Waals surface area contributed by atoms with Gasteiger partial charge in [0.15, 0.2) is 6.29 Å². The number of nitrogens with two attached hydrogens (primary N) is 1. The van der Waals surface area contributed by atoms with E-state index in [0.29, 0.717) is 6.54 Å². The van der Waals surface area contributed by atoms with Crippen LogP contribution < -0.4 is 11.1 Å². The van der Waals surface area contributed by atoms with Crippen LogP contribution in [-0.4, -0.2) is 199 Å². The highest BCUT2D eigenvalue weighted by Gasteiger charge is 2.41. The van der Waals surface area contributed by atoms with Gasteiger partial charge >= 0.3 is 5.97 Å². The number of carbonyl (C=O) groups is 2. The number of ether oxygens (including phenoxy) is 4. The Bertz CT molecular complexity index is 1720. The van der Waals surface area contributed by atoms with Gasteiger partial charge in [-0.25, -0.2) is 0 Å². The van der Waals surface area contributed by atoms with E-state index < -0.39 is 116 Å². The van der Waals surface area contributed by atoms with E-state index in [1.54, 1.807) is 43.4 Å². The second-order valence-corrected chi connectivity index (χ2v) is 19.2. The predicted octanol–water partition coefficient (Wildman–Crippen LogP) is 0.885. The molecule has 0 aromatic carbocycles. The lowest BCUT2D eigenvalue weighted by Crippen LogP contribution is -2.58. The van der Waals surface area contributed by atoms with E-state index in [0.717, 1.165) is 32.4 Å². The largest absolute Gasteiger partial charge is 0.462 e. The van der Waals surface area contributed by atoms with Crippen LogP contribution in [0.15, 0.2) is 85.1 Å². The van der Waals surface area contributed by atoms with Gasteiger partial charge in [-0.3, -0.25) is 9.59 Å². The summed E-state index contributed by atoms with van der Waals surface area (Å²) in [5, 5.41) is 110. The molecule has 3 rings (SSSR count). The maximum absolute atomic E-state index is 14.1. The number of carbonyl (C=O) groups excluding carboxylic acids is 2. The lowest BCUT2D eigenvalue weighted by atomic mass is 9.89. The Morgan fingerprint density at radius 2 is 1.35 bits per heavy atom. The molecule has 72 heavy (non-hydrogen) atoms. The topological polar surface area (TPSA) is 315 Å². The highest BCUT2D eigenvalue weighted by molar-refractivity contribution is 5.80. The van der Waals surface area contributed by atoms with Crippen molar-refractivity contribution in [3.05, 3.63) is 85.1 Å². The average Bonchev–Trinajstić information content (AvgIpc) is 3.33. The van der Waals surface area contributed by atoms with Crippen molar-refractivity contribution in [2.75, 3.05) is 46.0 Å². The summed E-state index contributed by atoms with van der Waals surface area (Å²) in [6.45, 7) is 5.29. The number of aliphatic hydroxyl groups excluding tert-OH is 10. The van der Waals surface area contributed by atoms with Gasteiger partial charge in [0.1, 0.15) is 12.2 Å². The van der Waals surface area contributed by atoms with Crippen LogP contribution in [0.1, 0.15) is 90.9 Å². The first kappa shape index (κ1) is 62.8. The molecule has 0 aliphatic carbocycles. The smallest absolute Gasteiger partial charge is 0.308 e. The third-order valence-corrected chi connectivity index (χ3v) is 13.0. The van der Waals surface area contributed by atoms with Gasteiger partial charge in [0.05, 0.1) is 86.0 Å². The number of rotatable bonds is 10. The number of allylic oxidation sites excluding steroid dienone is 12. The average molecular weight is 1020 g/mol. The van der Waals surface area contributed by atoms with E-state index >= 15 is 0 Å². The normalized spacial score (nSPS) is 37.7. The van der Waals surface area contributed by atoms with Crippen LogP contribution in [0.4, 0.5) is 0 Å². The standard InChI is InChI=1S/C53H87N3O16/c1-36-18-14-11-9-7-5-3-4-6-8-10-12-15-19-41(72-53-51(67)50(54)46(65)35-70-53)34-47(49(43(62)22-28-57)52(68)55-24-27-56-25-16-13-17-26-56)69-29-23-39(59)32-45(64)42(61)21-20-38(58)31-40(60)33-48(66)71-37(2)30-44(36)63/h3-12,14-15,18-19,36-47,49-51,53,57-65,67H,13,16-17,20-35,54H2,1-2H3,(H,55,68)/b4-3+,7-5+,8-6+,11-9+,12-10+,18-14+,19-15+/t36-,37-,38?,39?,40?,41?,42?,43-,44-,45?,46+,47-,49+,50-,51-,53-/m0/s1. The Morgan fingerprint density at radius 1 is 0.736 bits per heavy atom. The summed E-state index contributed by atoms with van der Waals surface area (Å²) in [6, 6.07) is -1.09. The molecular formula is C53H87N3O16. The SMILES string of the molecule is C[C@H]1C[C@H](O)[C@@H](C)/C=C/C=C/C=C/C=C/C=C/C=C/C=C/C(O[C@@H]2OC[C@@H](O)[C@H](N)[C@@H]2O)C[C@@H]([C@H](C(=O)NCCN2CCCCC2)[C@@H](O)CCO)OCCC(O)CC(O)C(O)CCC(O)CC(O)CC(=O)O1. The van der Waals surface area contributed by atoms with Crippen LogP contribution in [0.5, 0.6) is 0 Å². The molecule has 0 bridgehead atoms. The predicted molar refractivity (Wildman–Crippen MR) is 271 cm³/mol. The first-order chi connectivity index (χ1) is 34.5. The minimum absolute atomic E-state index is 0.0426. The quantitative estimate of drug-likeness (QED) is 0.135. The molecule has 0 aromatic rings. The zero-order valence-electron chi connectivity index (χ0n) is 42.2. The lowest BCUT2D eigenvalue weighted by Gasteiger charge is -2.38. The van der Waals surface area contributed by atoms with Crippen LogP contribution in [0, 0.1) is 11.8 Å². The number of likely N-dealkylation sites (tertiary alicyclic amines) is 1. The van der Waals surface area contributed by atoms with E-state index in [2.05, 4.69) is 10.2 Å². The fraction of sp³-hybridized carbons (Fsp3) is 0.698. The maximum atomic E-state index is 14.1. The Labute approximate surface area is 425 Å². The van der Waals surface area contributed by atoms with Crippen molar-refractivity contribution in [3.8, 4) is 0 Å². The molecule has 3 aliphatic heterocycles. The van der Waals surface area contributed by atoms with E-state index in [1.807, 2.05) is 55.5 Å².